The van der Waals surface area contributed by atoms with E-state index in [2.05, 4.69) is 12.1 Å². The van der Waals surface area contributed by atoms with Crippen molar-refractivity contribution in [3.63, 3.8) is 0 Å². The molecule has 1 aliphatic heterocycles. The summed E-state index contributed by atoms with van der Waals surface area (Å²) in [6, 6.07) is 8.25. The van der Waals surface area contributed by atoms with Gasteiger partial charge in [0.25, 0.3) is 0 Å². The van der Waals surface area contributed by atoms with Crippen LogP contribution in [-0.4, -0.2) is 6.61 Å². The van der Waals surface area contributed by atoms with Gasteiger partial charge in [-0.15, -0.1) is 0 Å². The number of hydrogen-bond acceptors (Lipinski definition) is 1. The van der Waals surface area contributed by atoms with Gasteiger partial charge in [-0.3, -0.25) is 0 Å². The Morgan fingerprint density at radius 2 is 2.09 bits per heavy atom. The summed E-state index contributed by atoms with van der Waals surface area (Å²) < 4.78 is 5.42. The summed E-state index contributed by atoms with van der Waals surface area (Å²) in [5.74, 6) is 1.08. The number of hydrogen-bond donors (Lipinski definition) is 0. The van der Waals surface area contributed by atoms with Gasteiger partial charge in [0.15, 0.2) is 0 Å². The molecule has 0 radical (unpaired) electrons. The maximum Gasteiger partial charge on any atom is 1.00 e. The van der Waals surface area contributed by atoms with E-state index in [1.165, 1.54) is 12.0 Å². The Hall–Kier alpha value is 0.0200. The molecule has 54 valence electrons. The van der Waals surface area contributed by atoms with Gasteiger partial charge in [0.05, 0.1) is 6.61 Å². The van der Waals surface area contributed by atoms with Crippen LogP contribution >= 0.6 is 0 Å². The number of aryl methyl sites for hydroxylation is 1. The summed E-state index contributed by atoms with van der Waals surface area (Å²) in [5, 5.41) is 0. The van der Waals surface area contributed by atoms with Crippen molar-refractivity contribution >= 4 is 0 Å². The molecule has 0 aromatic heterocycles. The van der Waals surface area contributed by atoms with E-state index in [-0.39, 0.29) is 31.0 Å². The number of ether oxygens (including phenoxy) is 1. The Balaban J connectivity index is 0.000000605. The molecule has 0 bridgehead atoms. The number of rotatable bonds is 0. The predicted molar refractivity (Wildman–Crippen MR) is 41.4 cm³/mol. The smallest absolute Gasteiger partial charge is 1.00 e. The number of benzene rings is 1. The van der Waals surface area contributed by atoms with Gasteiger partial charge >= 0.3 is 29.6 Å². The van der Waals surface area contributed by atoms with Crippen molar-refractivity contribution in [1.82, 2.24) is 0 Å². The van der Waals surface area contributed by atoms with E-state index in [0.29, 0.717) is 0 Å². The average molecular weight is 158 g/mol. The minimum Gasteiger partial charge on any atom is -1.00 e. The van der Waals surface area contributed by atoms with Crippen molar-refractivity contribution in [2.75, 3.05) is 6.61 Å². The third kappa shape index (κ3) is 1.98. The average Bonchev–Trinajstić information content (AvgIpc) is 2.05. The molecule has 2 rings (SSSR count). The van der Waals surface area contributed by atoms with E-state index in [1.807, 2.05) is 12.1 Å². The molecule has 2 heteroatoms. The van der Waals surface area contributed by atoms with Crippen LogP contribution in [0.1, 0.15) is 13.4 Å². The van der Waals surface area contributed by atoms with E-state index in [9.17, 15) is 0 Å². The summed E-state index contributed by atoms with van der Waals surface area (Å²) in [4.78, 5) is 0. The Morgan fingerprint density at radius 1 is 1.27 bits per heavy atom. The van der Waals surface area contributed by atoms with Crippen LogP contribution in [0.15, 0.2) is 24.3 Å². The Kier molecular flexibility index (Phi) is 3.44. The first-order valence-corrected chi connectivity index (χ1v) is 3.67. The van der Waals surface area contributed by atoms with Crippen LogP contribution < -0.4 is 34.3 Å². The van der Waals surface area contributed by atoms with Gasteiger partial charge in [0.1, 0.15) is 5.75 Å². The van der Waals surface area contributed by atoms with Crippen LogP contribution in [0, 0.1) is 0 Å². The predicted octanol–water partition coefficient (Wildman–Crippen LogP) is -0.872. The maximum atomic E-state index is 5.42. The van der Waals surface area contributed by atoms with Gasteiger partial charge in [-0.2, -0.15) is 0 Å². The molecule has 0 aliphatic carbocycles. The second-order valence-corrected chi connectivity index (χ2v) is 2.56. The second kappa shape index (κ2) is 4.15. The van der Waals surface area contributed by atoms with E-state index in [4.69, 9.17) is 4.74 Å². The molecule has 0 saturated heterocycles. The van der Waals surface area contributed by atoms with E-state index in [0.717, 1.165) is 18.8 Å². The molecule has 1 aliphatic rings. The van der Waals surface area contributed by atoms with Crippen molar-refractivity contribution in [2.24, 2.45) is 0 Å². The number of para-hydroxylation sites is 1. The molecule has 0 N–H and O–H groups in total. The van der Waals surface area contributed by atoms with Crippen molar-refractivity contribution in [3.05, 3.63) is 29.8 Å². The monoisotopic (exact) mass is 158 g/mol. The van der Waals surface area contributed by atoms with Crippen molar-refractivity contribution in [3.8, 4) is 5.75 Å². The molecule has 1 nitrogen and oxygen atoms in total. The van der Waals surface area contributed by atoms with Crippen molar-refractivity contribution < 1.29 is 35.7 Å². The first-order chi connectivity index (χ1) is 4.97. The maximum absolute atomic E-state index is 5.42. The third-order valence-corrected chi connectivity index (χ3v) is 1.82. The van der Waals surface area contributed by atoms with E-state index < -0.39 is 0 Å². The first-order valence-electron chi connectivity index (χ1n) is 3.67. The largest absolute Gasteiger partial charge is 1.00 e. The Morgan fingerprint density at radius 3 is 2.91 bits per heavy atom. The summed E-state index contributed by atoms with van der Waals surface area (Å²) in [6.07, 6.45) is 2.34. The molecule has 1 heterocycles. The van der Waals surface area contributed by atoms with E-state index in [1.54, 1.807) is 0 Å². The van der Waals surface area contributed by atoms with Crippen LogP contribution in [0.2, 0.25) is 0 Å². The molecule has 1 aromatic rings. The first kappa shape index (κ1) is 9.11. The van der Waals surface area contributed by atoms with Gasteiger partial charge in [-0.25, -0.2) is 0 Å². The fourth-order valence-corrected chi connectivity index (χ4v) is 1.30. The zero-order chi connectivity index (χ0) is 6.81. The molecular weight excluding hydrogens is 147 g/mol. The second-order valence-electron chi connectivity index (χ2n) is 2.56. The van der Waals surface area contributed by atoms with Crippen LogP contribution in [0.25, 0.3) is 0 Å². The van der Waals surface area contributed by atoms with Gasteiger partial charge in [-0.1, -0.05) is 18.2 Å². The van der Waals surface area contributed by atoms with Crippen LogP contribution in [-0.2, 0) is 6.42 Å². The minimum atomic E-state index is 0. The molecular formula is C9H11NaO. The topological polar surface area (TPSA) is 9.23 Å². The molecule has 0 atom stereocenters. The van der Waals surface area contributed by atoms with Gasteiger partial charge in [0, 0.05) is 0 Å². The van der Waals surface area contributed by atoms with E-state index >= 15 is 0 Å². The molecule has 0 saturated carbocycles. The fraction of sp³-hybridized carbons (Fsp3) is 0.333. The Labute approximate surface area is 90.5 Å². The Bertz CT molecular complexity index is 215. The van der Waals surface area contributed by atoms with Crippen molar-refractivity contribution in [2.45, 2.75) is 12.8 Å². The molecule has 0 unspecified atom stereocenters. The quantitative estimate of drug-likeness (QED) is 0.446. The molecule has 0 spiro atoms. The summed E-state index contributed by atoms with van der Waals surface area (Å²) in [6.45, 7) is 0.886. The summed E-state index contributed by atoms with van der Waals surface area (Å²) in [7, 11) is 0. The summed E-state index contributed by atoms with van der Waals surface area (Å²) in [5.41, 5.74) is 1.36. The zero-order valence-electron chi connectivity index (χ0n) is 7.84. The number of fused-ring (bicyclic) bond motifs is 1. The van der Waals surface area contributed by atoms with Gasteiger partial charge in [0.2, 0.25) is 0 Å². The molecule has 0 fully saturated rings. The standard InChI is InChI=1S/C9H10O.Na.H/c1-2-6-9-8(4-1)5-3-7-10-9;;/h1-2,4,6H,3,5,7H2;;/q;+1;-1. The SMILES string of the molecule is [H-].[Na+].c1ccc2c(c1)CCCO2. The van der Waals surface area contributed by atoms with Gasteiger partial charge < -0.3 is 6.16 Å². The normalized spacial score (nSPS) is 14.2. The van der Waals surface area contributed by atoms with Crippen molar-refractivity contribution in [1.29, 1.82) is 0 Å². The van der Waals surface area contributed by atoms with Crippen LogP contribution in [0.3, 0.4) is 0 Å². The van der Waals surface area contributed by atoms with Crippen LogP contribution in [0.4, 0.5) is 0 Å². The molecule has 1 aromatic carbocycles. The van der Waals surface area contributed by atoms with Crippen LogP contribution in [0.5, 0.6) is 5.75 Å². The molecule has 11 heavy (non-hydrogen) atoms. The zero-order valence-corrected chi connectivity index (χ0v) is 8.84. The van der Waals surface area contributed by atoms with Gasteiger partial charge in [-0.05, 0) is 24.5 Å². The third-order valence-electron chi connectivity index (χ3n) is 1.82. The summed E-state index contributed by atoms with van der Waals surface area (Å²) >= 11 is 0. The minimum absolute atomic E-state index is 0. The molecule has 0 amide bonds. The fourth-order valence-electron chi connectivity index (χ4n) is 1.30.